The third-order valence-electron chi connectivity index (χ3n) is 3.85. The van der Waals surface area contributed by atoms with Crippen molar-refractivity contribution in [3.8, 4) is 5.75 Å². The summed E-state index contributed by atoms with van der Waals surface area (Å²) in [6.45, 7) is 5.94. The van der Waals surface area contributed by atoms with Crippen LogP contribution in [0.2, 0.25) is 0 Å². The van der Waals surface area contributed by atoms with E-state index < -0.39 is 27.6 Å². The van der Waals surface area contributed by atoms with Crippen LogP contribution in [0.1, 0.15) is 31.1 Å². The third-order valence-corrected chi connectivity index (χ3v) is 4.33. The molecule has 1 amide bonds. The first-order valence-electron chi connectivity index (χ1n) is 8.35. The highest BCUT2D eigenvalue weighted by molar-refractivity contribution is 7.86. The van der Waals surface area contributed by atoms with Crippen molar-refractivity contribution in [2.24, 2.45) is 11.7 Å². The first-order valence-corrected chi connectivity index (χ1v) is 10.2. The molecule has 0 bridgehead atoms. The fraction of sp³-hybridized carbons (Fsp3) is 0.353. The standard InChI is InChI=1S/C17H22FN5O4S/c1-9(2)10(3)21-16-12(15(19)24)8-20-17(23-16)22-11-5-6-14(13(18)7-11)27-28(4,25)26/h5-10H,1-4H3,(H2,19,24)(H2,20,21,22,23)/t10-/m1/s1. The predicted octanol–water partition coefficient (Wildman–Crippen LogP) is 2.25. The van der Waals surface area contributed by atoms with Gasteiger partial charge in [0, 0.05) is 24.0 Å². The zero-order valence-electron chi connectivity index (χ0n) is 15.9. The number of amides is 1. The molecule has 9 nitrogen and oxygen atoms in total. The Morgan fingerprint density at radius 1 is 1.29 bits per heavy atom. The lowest BCUT2D eigenvalue weighted by Crippen LogP contribution is -2.25. The highest BCUT2D eigenvalue weighted by Gasteiger charge is 2.16. The first-order chi connectivity index (χ1) is 13.0. The maximum absolute atomic E-state index is 14.0. The van der Waals surface area contributed by atoms with Crippen LogP contribution in [0.25, 0.3) is 0 Å². The molecule has 0 saturated heterocycles. The van der Waals surface area contributed by atoms with Gasteiger partial charge in [-0.05, 0) is 25.0 Å². The van der Waals surface area contributed by atoms with Crippen LogP contribution in [0, 0.1) is 11.7 Å². The molecule has 152 valence electrons. The summed E-state index contributed by atoms with van der Waals surface area (Å²) in [6.07, 6.45) is 2.09. The Bertz CT molecular complexity index is 982. The minimum Gasteiger partial charge on any atom is -0.379 e. The number of hydrogen-bond donors (Lipinski definition) is 3. The molecular formula is C17H22FN5O4S. The van der Waals surface area contributed by atoms with E-state index >= 15 is 0 Å². The van der Waals surface area contributed by atoms with Gasteiger partial charge in [0.15, 0.2) is 11.6 Å². The lowest BCUT2D eigenvalue weighted by atomic mass is 10.1. The smallest absolute Gasteiger partial charge is 0.306 e. The second-order valence-electron chi connectivity index (χ2n) is 6.55. The van der Waals surface area contributed by atoms with Crippen molar-refractivity contribution in [3.63, 3.8) is 0 Å². The van der Waals surface area contributed by atoms with Crippen molar-refractivity contribution >= 4 is 33.5 Å². The third kappa shape index (κ3) is 5.78. The summed E-state index contributed by atoms with van der Waals surface area (Å²) in [5, 5.41) is 5.90. The van der Waals surface area contributed by atoms with Crippen LogP contribution >= 0.6 is 0 Å². The lowest BCUT2D eigenvalue weighted by Gasteiger charge is -2.19. The molecule has 0 spiro atoms. The largest absolute Gasteiger partial charge is 0.379 e. The number of carbonyl (C=O) groups is 1. The van der Waals surface area contributed by atoms with Crippen LogP contribution in [0.4, 0.5) is 21.8 Å². The molecule has 0 fully saturated rings. The molecule has 0 radical (unpaired) electrons. The Kier molecular flexibility index (Phi) is 6.39. The van der Waals surface area contributed by atoms with E-state index in [9.17, 15) is 17.6 Å². The number of nitrogens with two attached hydrogens (primary N) is 1. The van der Waals surface area contributed by atoms with Crippen LogP contribution in [0.5, 0.6) is 5.75 Å². The topological polar surface area (TPSA) is 136 Å². The van der Waals surface area contributed by atoms with Crippen molar-refractivity contribution in [2.45, 2.75) is 26.8 Å². The molecule has 2 aromatic rings. The van der Waals surface area contributed by atoms with Gasteiger partial charge in [-0.2, -0.15) is 13.4 Å². The summed E-state index contributed by atoms with van der Waals surface area (Å²) in [7, 11) is -3.85. The molecule has 11 heteroatoms. The molecule has 0 saturated carbocycles. The van der Waals surface area contributed by atoms with Crippen LogP contribution < -0.4 is 20.6 Å². The molecule has 0 unspecified atom stereocenters. The second-order valence-corrected chi connectivity index (χ2v) is 8.13. The molecule has 28 heavy (non-hydrogen) atoms. The van der Waals surface area contributed by atoms with Crippen molar-refractivity contribution in [2.75, 3.05) is 16.9 Å². The molecule has 4 N–H and O–H groups in total. The summed E-state index contributed by atoms with van der Waals surface area (Å²) >= 11 is 0. The van der Waals surface area contributed by atoms with Crippen LogP contribution in [0.15, 0.2) is 24.4 Å². The van der Waals surface area contributed by atoms with Crippen LogP contribution in [0.3, 0.4) is 0 Å². The maximum Gasteiger partial charge on any atom is 0.306 e. The van der Waals surface area contributed by atoms with Crippen LogP contribution in [-0.4, -0.2) is 36.6 Å². The average Bonchev–Trinajstić information content (AvgIpc) is 2.56. The van der Waals surface area contributed by atoms with Gasteiger partial charge >= 0.3 is 10.1 Å². The minimum atomic E-state index is -3.85. The summed E-state index contributed by atoms with van der Waals surface area (Å²) in [4.78, 5) is 19.9. The Morgan fingerprint density at radius 3 is 2.50 bits per heavy atom. The highest BCUT2D eigenvalue weighted by atomic mass is 32.2. The van der Waals surface area contributed by atoms with E-state index in [1.54, 1.807) is 0 Å². The number of nitrogens with zero attached hydrogens (tertiary/aromatic N) is 2. The number of hydrogen-bond acceptors (Lipinski definition) is 8. The Labute approximate surface area is 162 Å². The molecular weight excluding hydrogens is 389 g/mol. The van der Waals surface area contributed by atoms with Gasteiger partial charge in [0.2, 0.25) is 5.95 Å². The number of carbonyl (C=O) groups excluding carboxylic acids is 1. The summed E-state index contributed by atoms with van der Waals surface area (Å²) in [5.74, 6) is -1.37. The molecule has 1 atom stereocenters. The van der Waals surface area contributed by atoms with Crippen molar-refractivity contribution < 1.29 is 21.8 Å². The molecule has 0 aliphatic carbocycles. The van der Waals surface area contributed by atoms with E-state index in [4.69, 9.17) is 5.73 Å². The summed E-state index contributed by atoms with van der Waals surface area (Å²) < 4.78 is 40.8. The average molecular weight is 411 g/mol. The monoisotopic (exact) mass is 411 g/mol. The van der Waals surface area contributed by atoms with E-state index in [2.05, 4.69) is 24.8 Å². The second kappa shape index (κ2) is 8.38. The molecule has 0 aliphatic rings. The Hall–Kier alpha value is -2.95. The van der Waals surface area contributed by atoms with Gasteiger partial charge in [0.05, 0.1) is 11.8 Å². The zero-order chi connectivity index (χ0) is 21.1. The summed E-state index contributed by atoms with van der Waals surface area (Å²) in [6, 6.07) is 3.61. The van der Waals surface area contributed by atoms with Gasteiger partial charge in [-0.25, -0.2) is 9.37 Å². The SMILES string of the molecule is CC(C)[C@@H](C)Nc1nc(Nc2ccc(OS(C)(=O)=O)c(F)c2)ncc1C(N)=O. The number of halogens is 1. The van der Waals surface area contributed by atoms with Gasteiger partial charge in [-0.3, -0.25) is 4.79 Å². The van der Waals surface area contributed by atoms with E-state index in [-0.39, 0.29) is 35.0 Å². The first kappa shape index (κ1) is 21.4. The quantitative estimate of drug-likeness (QED) is 0.563. The number of aromatic nitrogens is 2. The molecule has 2 rings (SSSR count). The fourth-order valence-electron chi connectivity index (χ4n) is 2.05. The molecule has 1 aromatic carbocycles. The predicted molar refractivity (Wildman–Crippen MR) is 104 cm³/mol. The number of benzene rings is 1. The maximum atomic E-state index is 14.0. The summed E-state index contributed by atoms with van der Waals surface area (Å²) in [5.41, 5.74) is 5.75. The van der Waals surface area contributed by atoms with E-state index in [1.807, 2.05) is 20.8 Å². The minimum absolute atomic E-state index is 0.00530. The van der Waals surface area contributed by atoms with Crippen molar-refractivity contribution in [1.29, 1.82) is 0 Å². The van der Waals surface area contributed by atoms with Crippen molar-refractivity contribution in [1.82, 2.24) is 9.97 Å². The van der Waals surface area contributed by atoms with Crippen molar-refractivity contribution in [3.05, 3.63) is 35.8 Å². The van der Waals surface area contributed by atoms with Gasteiger partial charge in [-0.1, -0.05) is 13.8 Å². The van der Waals surface area contributed by atoms with Gasteiger partial charge in [0.1, 0.15) is 5.82 Å². The number of anilines is 3. The van der Waals surface area contributed by atoms with E-state index in [1.165, 1.54) is 12.3 Å². The van der Waals surface area contributed by atoms with E-state index in [0.29, 0.717) is 0 Å². The number of nitrogens with one attached hydrogen (secondary N) is 2. The van der Waals surface area contributed by atoms with E-state index in [0.717, 1.165) is 18.4 Å². The number of primary amides is 1. The molecule has 0 aliphatic heterocycles. The highest BCUT2D eigenvalue weighted by Crippen LogP contribution is 2.25. The van der Waals surface area contributed by atoms with Crippen LogP contribution in [-0.2, 0) is 10.1 Å². The van der Waals surface area contributed by atoms with Gasteiger partial charge in [-0.15, -0.1) is 0 Å². The molecule has 1 aromatic heterocycles. The van der Waals surface area contributed by atoms with Gasteiger partial charge in [0.25, 0.3) is 5.91 Å². The molecule has 1 heterocycles. The Balaban J connectivity index is 2.28. The lowest BCUT2D eigenvalue weighted by molar-refractivity contribution is 0.100. The number of rotatable bonds is 8. The fourth-order valence-corrected chi connectivity index (χ4v) is 2.51. The zero-order valence-corrected chi connectivity index (χ0v) is 16.7. The van der Waals surface area contributed by atoms with Gasteiger partial charge < -0.3 is 20.6 Å². The Morgan fingerprint density at radius 2 is 1.96 bits per heavy atom. The normalized spacial score (nSPS) is 12.5.